The highest BCUT2D eigenvalue weighted by Gasteiger charge is 2.35. The van der Waals surface area contributed by atoms with Crippen molar-refractivity contribution in [1.29, 1.82) is 0 Å². The van der Waals surface area contributed by atoms with E-state index in [2.05, 4.69) is 19.2 Å². The van der Waals surface area contributed by atoms with Crippen LogP contribution >= 0.6 is 0 Å². The molecule has 1 aliphatic heterocycles. The van der Waals surface area contributed by atoms with Gasteiger partial charge in [0.25, 0.3) is 0 Å². The van der Waals surface area contributed by atoms with E-state index in [9.17, 15) is 19.5 Å². The van der Waals surface area contributed by atoms with Crippen LogP contribution in [0.25, 0.3) is 0 Å². The van der Waals surface area contributed by atoms with Crippen LogP contribution in [-0.4, -0.2) is 46.4 Å². The van der Waals surface area contributed by atoms with E-state index in [4.69, 9.17) is 0 Å². The van der Waals surface area contributed by atoms with Gasteiger partial charge in [0.05, 0.1) is 0 Å². The summed E-state index contributed by atoms with van der Waals surface area (Å²) in [5.74, 6) is -1.61. The molecule has 0 radical (unpaired) electrons. The van der Waals surface area contributed by atoms with E-state index in [1.165, 1.54) is 49.8 Å². The number of carboxylic acids is 1. The van der Waals surface area contributed by atoms with Gasteiger partial charge in [-0.3, -0.25) is 9.59 Å². The first kappa shape index (κ1) is 28.4. The summed E-state index contributed by atoms with van der Waals surface area (Å²) in [5, 5.41) is 12.6. The lowest BCUT2D eigenvalue weighted by Gasteiger charge is -2.35. The molecule has 0 aromatic rings. The largest absolute Gasteiger partial charge is 0.480 e. The molecule has 0 aromatic carbocycles. The maximum absolute atomic E-state index is 12.9. The number of likely N-dealkylation sites (tertiary alicyclic amines) is 1. The molecule has 1 heterocycles. The summed E-state index contributed by atoms with van der Waals surface area (Å²) in [5.41, 5.74) is 0. The van der Waals surface area contributed by atoms with Gasteiger partial charge in [0.2, 0.25) is 11.8 Å². The number of carbonyl (C=O) groups is 3. The fourth-order valence-electron chi connectivity index (χ4n) is 4.74. The van der Waals surface area contributed by atoms with Crippen molar-refractivity contribution in [3.63, 3.8) is 0 Å². The summed E-state index contributed by atoms with van der Waals surface area (Å²) in [4.78, 5) is 38.8. The number of carboxylic acid groups (broad SMARTS) is 1. The highest BCUT2D eigenvalue weighted by Crippen LogP contribution is 2.24. The van der Waals surface area contributed by atoms with Gasteiger partial charge in [0.15, 0.2) is 0 Å². The summed E-state index contributed by atoms with van der Waals surface area (Å²) in [6.45, 7) is 8.60. The van der Waals surface area contributed by atoms with E-state index in [1.807, 2.05) is 13.8 Å². The number of aliphatic carboxylic acids is 1. The molecule has 1 fully saturated rings. The molecule has 1 rings (SSSR count). The van der Waals surface area contributed by atoms with Crippen LogP contribution in [0.5, 0.6) is 0 Å². The van der Waals surface area contributed by atoms with Crippen molar-refractivity contribution in [2.45, 2.75) is 130 Å². The van der Waals surface area contributed by atoms with E-state index in [1.54, 1.807) is 0 Å². The predicted molar refractivity (Wildman–Crippen MR) is 129 cm³/mol. The third-order valence-electron chi connectivity index (χ3n) is 6.87. The number of nitrogens with one attached hydrogen (secondary N) is 1. The predicted octanol–water partition coefficient (Wildman–Crippen LogP) is 5.54. The molecular weight excluding hydrogens is 404 g/mol. The molecule has 4 unspecified atom stereocenters. The van der Waals surface area contributed by atoms with Crippen molar-refractivity contribution in [1.82, 2.24) is 10.2 Å². The lowest BCUT2D eigenvalue weighted by molar-refractivity contribution is -0.154. The van der Waals surface area contributed by atoms with Gasteiger partial charge in [0, 0.05) is 24.4 Å². The number of unbranched alkanes of at least 4 members (excludes halogenated alkanes) is 7. The Balaban J connectivity index is 2.39. The van der Waals surface area contributed by atoms with Crippen molar-refractivity contribution in [3.05, 3.63) is 0 Å². The summed E-state index contributed by atoms with van der Waals surface area (Å²) < 4.78 is 0. The van der Waals surface area contributed by atoms with Crippen molar-refractivity contribution < 1.29 is 19.5 Å². The molecule has 0 saturated carbocycles. The van der Waals surface area contributed by atoms with Gasteiger partial charge in [-0.05, 0) is 45.4 Å². The second kappa shape index (κ2) is 16.1. The number of piperidine rings is 1. The quantitative estimate of drug-likeness (QED) is 0.301. The summed E-state index contributed by atoms with van der Waals surface area (Å²) in [6, 6.07) is -0.583. The standard InChI is InChI=1S/C26H48N2O4/c1-5-7-8-9-10-11-12-13-16-21(4)27-24(29)22(6-2)19-20(3)25(30)28-18-15-14-17-23(28)26(31)32/h20-23H,5-19H2,1-4H3,(H,27,29)(H,31,32). The van der Waals surface area contributed by atoms with Crippen LogP contribution in [0.1, 0.15) is 118 Å². The van der Waals surface area contributed by atoms with Gasteiger partial charge in [0.1, 0.15) is 6.04 Å². The summed E-state index contributed by atoms with van der Waals surface area (Å²) >= 11 is 0. The molecule has 6 heteroatoms. The molecule has 2 amide bonds. The van der Waals surface area contributed by atoms with Crippen molar-refractivity contribution in [3.8, 4) is 0 Å². The van der Waals surface area contributed by atoms with Crippen LogP contribution in [0.4, 0.5) is 0 Å². The monoisotopic (exact) mass is 452 g/mol. The third-order valence-corrected chi connectivity index (χ3v) is 6.87. The van der Waals surface area contributed by atoms with Gasteiger partial charge < -0.3 is 15.3 Å². The minimum absolute atomic E-state index is 0.0210. The number of amides is 2. The lowest BCUT2D eigenvalue weighted by Crippen LogP contribution is -2.50. The number of hydrogen-bond acceptors (Lipinski definition) is 3. The van der Waals surface area contributed by atoms with E-state index in [0.29, 0.717) is 25.8 Å². The fraction of sp³-hybridized carbons (Fsp3) is 0.885. The number of rotatable bonds is 16. The Labute approximate surface area is 195 Å². The van der Waals surface area contributed by atoms with E-state index in [-0.39, 0.29) is 29.7 Å². The smallest absolute Gasteiger partial charge is 0.326 e. The summed E-state index contributed by atoms with van der Waals surface area (Å²) in [6.07, 6.45) is 14.6. The molecule has 4 atom stereocenters. The van der Waals surface area contributed by atoms with E-state index >= 15 is 0 Å². The minimum atomic E-state index is -0.926. The normalized spacial score (nSPS) is 19.2. The van der Waals surface area contributed by atoms with Crippen LogP contribution in [-0.2, 0) is 14.4 Å². The van der Waals surface area contributed by atoms with Crippen molar-refractivity contribution in [2.75, 3.05) is 6.54 Å². The van der Waals surface area contributed by atoms with E-state index < -0.39 is 12.0 Å². The van der Waals surface area contributed by atoms with E-state index in [0.717, 1.165) is 25.7 Å². The molecule has 0 aliphatic carbocycles. The topological polar surface area (TPSA) is 86.7 Å². The molecular formula is C26H48N2O4. The minimum Gasteiger partial charge on any atom is -0.480 e. The molecule has 2 N–H and O–H groups in total. The Bertz CT molecular complexity index is 566. The van der Waals surface area contributed by atoms with Crippen LogP contribution in [0.15, 0.2) is 0 Å². The average Bonchev–Trinajstić information content (AvgIpc) is 2.78. The van der Waals surface area contributed by atoms with Crippen LogP contribution in [0.2, 0.25) is 0 Å². The first-order chi connectivity index (χ1) is 15.3. The first-order valence-electron chi connectivity index (χ1n) is 13.1. The Morgan fingerprint density at radius 3 is 2.19 bits per heavy atom. The van der Waals surface area contributed by atoms with Crippen molar-refractivity contribution >= 4 is 17.8 Å². The molecule has 186 valence electrons. The second-order valence-corrected chi connectivity index (χ2v) is 9.80. The number of nitrogens with zero attached hydrogens (tertiary/aromatic N) is 1. The second-order valence-electron chi connectivity index (χ2n) is 9.80. The van der Waals surface area contributed by atoms with Gasteiger partial charge >= 0.3 is 5.97 Å². The molecule has 1 aliphatic rings. The van der Waals surface area contributed by atoms with Crippen LogP contribution < -0.4 is 5.32 Å². The maximum atomic E-state index is 12.9. The van der Waals surface area contributed by atoms with Crippen LogP contribution in [0, 0.1) is 11.8 Å². The SMILES string of the molecule is CCCCCCCCCCC(C)NC(=O)C(CC)CC(C)C(=O)N1CCCCC1C(=O)O. The van der Waals surface area contributed by atoms with Gasteiger partial charge in [-0.1, -0.05) is 72.1 Å². The Kier molecular flexibility index (Phi) is 14.3. The molecule has 1 saturated heterocycles. The zero-order valence-electron chi connectivity index (χ0n) is 21.0. The highest BCUT2D eigenvalue weighted by atomic mass is 16.4. The Hall–Kier alpha value is -1.59. The zero-order chi connectivity index (χ0) is 23.9. The lowest BCUT2D eigenvalue weighted by atomic mass is 9.90. The maximum Gasteiger partial charge on any atom is 0.326 e. The molecule has 32 heavy (non-hydrogen) atoms. The van der Waals surface area contributed by atoms with Gasteiger partial charge in [-0.25, -0.2) is 4.79 Å². The molecule has 0 aromatic heterocycles. The molecule has 0 spiro atoms. The first-order valence-corrected chi connectivity index (χ1v) is 13.1. The fourth-order valence-corrected chi connectivity index (χ4v) is 4.74. The highest BCUT2D eigenvalue weighted by molar-refractivity contribution is 5.86. The molecule has 6 nitrogen and oxygen atoms in total. The number of carbonyl (C=O) groups excluding carboxylic acids is 2. The average molecular weight is 453 g/mol. The Morgan fingerprint density at radius 1 is 0.969 bits per heavy atom. The third kappa shape index (κ3) is 10.4. The van der Waals surface area contributed by atoms with Crippen molar-refractivity contribution in [2.24, 2.45) is 11.8 Å². The summed E-state index contributed by atoms with van der Waals surface area (Å²) in [7, 11) is 0. The number of hydrogen-bond donors (Lipinski definition) is 2. The molecule has 0 bridgehead atoms. The Morgan fingerprint density at radius 2 is 1.59 bits per heavy atom. The van der Waals surface area contributed by atoms with Crippen LogP contribution in [0.3, 0.4) is 0 Å². The zero-order valence-corrected chi connectivity index (χ0v) is 21.0. The van der Waals surface area contributed by atoms with Gasteiger partial charge in [-0.2, -0.15) is 0 Å². The van der Waals surface area contributed by atoms with Gasteiger partial charge in [-0.15, -0.1) is 0 Å².